The number of fused-ring (bicyclic) bond motifs is 1. The second-order valence-corrected chi connectivity index (χ2v) is 4.93. The van der Waals surface area contributed by atoms with Crippen LogP contribution in [0.25, 0.3) is 10.1 Å². The minimum absolute atomic E-state index is 0.850. The predicted octanol–water partition coefficient (Wildman–Crippen LogP) is 4.88. The third kappa shape index (κ3) is 1.51. The van der Waals surface area contributed by atoms with Crippen LogP contribution in [0.4, 0.5) is 0 Å². The molecule has 1 heterocycles. The van der Waals surface area contributed by atoms with Gasteiger partial charge in [-0.05, 0) is 27.9 Å². The minimum atomic E-state index is 0.850. The van der Waals surface area contributed by atoms with Crippen molar-refractivity contribution < 1.29 is 0 Å². The van der Waals surface area contributed by atoms with Crippen LogP contribution in [0.2, 0.25) is 5.02 Å². The zero-order chi connectivity index (χ0) is 9.42. The van der Waals surface area contributed by atoms with Gasteiger partial charge in [0, 0.05) is 15.2 Å². The molecular formula is C10H8BrClS. The monoisotopic (exact) mass is 274 g/mol. The lowest BCUT2D eigenvalue weighted by molar-refractivity contribution is 1.14. The first kappa shape index (κ1) is 9.50. The van der Waals surface area contributed by atoms with E-state index in [1.165, 1.54) is 14.7 Å². The fourth-order valence-electron chi connectivity index (χ4n) is 1.35. The maximum atomic E-state index is 6.03. The number of thiophene rings is 1. The summed E-state index contributed by atoms with van der Waals surface area (Å²) in [6.07, 6.45) is 1.05. The van der Waals surface area contributed by atoms with Crippen LogP contribution in [-0.2, 0) is 6.42 Å². The SMILES string of the molecule is CCc1ccc2c(Cl)csc2c1Br. The summed E-state index contributed by atoms with van der Waals surface area (Å²) in [6, 6.07) is 4.22. The van der Waals surface area contributed by atoms with Crippen molar-refractivity contribution in [3.05, 3.63) is 32.6 Å². The van der Waals surface area contributed by atoms with Gasteiger partial charge < -0.3 is 0 Å². The molecule has 0 saturated heterocycles. The smallest absolute Gasteiger partial charge is 0.0592 e. The molecule has 2 aromatic rings. The minimum Gasteiger partial charge on any atom is -0.141 e. The van der Waals surface area contributed by atoms with Crippen molar-refractivity contribution in [3.8, 4) is 0 Å². The van der Waals surface area contributed by atoms with Crippen LogP contribution < -0.4 is 0 Å². The lowest BCUT2D eigenvalue weighted by Gasteiger charge is -2.01. The summed E-state index contributed by atoms with van der Waals surface area (Å²) in [5.41, 5.74) is 1.34. The Hall–Kier alpha value is -0.0500. The van der Waals surface area contributed by atoms with E-state index in [0.29, 0.717) is 0 Å². The maximum Gasteiger partial charge on any atom is 0.0592 e. The van der Waals surface area contributed by atoms with Crippen LogP contribution in [0.15, 0.2) is 22.0 Å². The summed E-state index contributed by atoms with van der Waals surface area (Å²) in [6.45, 7) is 2.15. The average molecular weight is 276 g/mol. The van der Waals surface area contributed by atoms with Crippen molar-refractivity contribution in [2.24, 2.45) is 0 Å². The molecular weight excluding hydrogens is 268 g/mol. The van der Waals surface area contributed by atoms with Crippen molar-refractivity contribution in [2.75, 3.05) is 0 Å². The van der Waals surface area contributed by atoms with Crippen LogP contribution in [0.3, 0.4) is 0 Å². The van der Waals surface area contributed by atoms with Crippen molar-refractivity contribution in [2.45, 2.75) is 13.3 Å². The molecule has 0 nitrogen and oxygen atoms in total. The molecule has 0 N–H and O–H groups in total. The van der Waals surface area contributed by atoms with E-state index in [-0.39, 0.29) is 0 Å². The van der Waals surface area contributed by atoms with Gasteiger partial charge in [-0.1, -0.05) is 30.7 Å². The third-order valence-corrected chi connectivity index (χ3v) is 4.72. The van der Waals surface area contributed by atoms with Crippen molar-refractivity contribution in [3.63, 3.8) is 0 Å². The zero-order valence-corrected chi connectivity index (χ0v) is 10.3. The van der Waals surface area contributed by atoms with E-state index in [1.54, 1.807) is 11.3 Å². The van der Waals surface area contributed by atoms with Gasteiger partial charge in [-0.25, -0.2) is 0 Å². The Morgan fingerprint density at radius 2 is 2.23 bits per heavy atom. The van der Waals surface area contributed by atoms with E-state index in [1.807, 2.05) is 5.38 Å². The Balaban J connectivity index is 2.80. The Morgan fingerprint density at radius 3 is 2.92 bits per heavy atom. The van der Waals surface area contributed by atoms with Crippen molar-refractivity contribution >= 4 is 49.0 Å². The molecule has 68 valence electrons. The highest BCUT2D eigenvalue weighted by Gasteiger charge is 2.07. The number of benzene rings is 1. The van der Waals surface area contributed by atoms with Crippen LogP contribution in [0, 0.1) is 0 Å². The molecule has 0 radical (unpaired) electrons. The fraction of sp³-hybridized carbons (Fsp3) is 0.200. The van der Waals surface area contributed by atoms with E-state index in [0.717, 1.165) is 16.8 Å². The van der Waals surface area contributed by atoms with Gasteiger partial charge in [-0.3, -0.25) is 0 Å². The molecule has 3 heteroatoms. The molecule has 0 fully saturated rings. The summed E-state index contributed by atoms with van der Waals surface area (Å²) < 4.78 is 2.45. The Morgan fingerprint density at radius 1 is 1.46 bits per heavy atom. The number of hydrogen-bond donors (Lipinski definition) is 0. The molecule has 0 unspecified atom stereocenters. The quantitative estimate of drug-likeness (QED) is 0.696. The topological polar surface area (TPSA) is 0 Å². The second kappa shape index (κ2) is 3.60. The standard InChI is InChI=1S/C10H8BrClS/c1-2-6-3-4-7-8(12)5-13-10(7)9(6)11/h3-5H,2H2,1H3. The summed E-state index contributed by atoms with van der Waals surface area (Å²) in [7, 11) is 0. The Bertz CT molecular complexity index is 447. The first-order chi connectivity index (χ1) is 6.24. The molecule has 0 aliphatic carbocycles. The highest BCUT2D eigenvalue weighted by atomic mass is 79.9. The summed E-state index contributed by atoms with van der Waals surface area (Å²) in [5.74, 6) is 0. The summed E-state index contributed by atoms with van der Waals surface area (Å²) >= 11 is 11.3. The number of hydrogen-bond acceptors (Lipinski definition) is 1. The van der Waals surface area contributed by atoms with Gasteiger partial charge in [0.05, 0.1) is 9.72 Å². The molecule has 2 rings (SSSR count). The molecule has 0 atom stereocenters. The molecule has 0 spiro atoms. The lowest BCUT2D eigenvalue weighted by atomic mass is 10.1. The molecule has 1 aromatic heterocycles. The highest BCUT2D eigenvalue weighted by molar-refractivity contribution is 9.10. The van der Waals surface area contributed by atoms with Gasteiger partial charge in [0.25, 0.3) is 0 Å². The zero-order valence-electron chi connectivity index (χ0n) is 7.10. The van der Waals surface area contributed by atoms with E-state index in [2.05, 4.69) is 35.0 Å². The Labute approximate surface area is 94.7 Å². The lowest BCUT2D eigenvalue weighted by Crippen LogP contribution is -1.81. The van der Waals surface area contributed by atoms with E-state index < -0.39 is 0 Å². The number of aryl methyl sites for hydroxylation is 1. The number of rotatable bonds is 1. The van der Waals surface area contributed by atoms with Gasteiger partial charge in [0.2, 0.25) is 0 Å². The highest BCUT2D eigenvalue weighted by Crippen LogP contribution is 2.37. The molecule has 0 amide bonds. The van der Waals surface area contributed by atoms with E-state index in [9.17, 15) is 0 Å². The van der Waals surface area contributed by atoms with E-state index >= 15 is 0 Å². The number of halogens is 2. The van der Waals surface area contributed by atoms with Gasteiger partial charge >= 0.3 is 0 Å². The molecule has 1 aromatic carbocycles. The van der Waals surface area contributed by atoms with E-state index in [4.69, 9.17) is 11.6 Å². The third-order valence-electron chi connectivity index (χ3n) is 2.10. The first-order valence-corrected chi connectivity index (χ1v) is 6.13. The average Bonchev–Trinajstić information content (AvgIpc) is 2.50. The van der Waals surface area contributed by atoms with Crippen LogP contribution >= 0.6 is 38.9 Å². The Kier molecular flexibility index (Phi) is 2.63. The van der Waals surface area contributed by atoms with Crippen LogP contribution in [-0.4, -0.2) is 0 Å². The largest absolute Gasteiger partial charge is 0.141 e. The van der Waals surface area contributed by atoms with Crippen molar-refractivity contribution in [1.82, 2.24) is 0 Å². The van der Waals surface area contributed by atoms with Gasteiger partial charge in [0.1, 0.15) is 0 Å². The van der Waals surface area contributed by atoms with Gasteiger partial charge in [0.15, 0.2) is 0 Å². The van der Waals surface area contributed by atoms with Gasteiger partial charge in [-0.2, -0.15) is 0 Å². The van der Waals surface area contributed by atoms with Gasteiger partial charge in [-0.15, -0.1) is 11.3 Å². The summed E-state index contributed by atoms with van der Waals surface area (Å²) in [4.78, 5) is 0. The van der Waals surface area contributed by atoms with Crippen LogP contribution in [0.1, 0.15) is 12.5 Å². The fourth-order valence-corrected chi connectivity index (χ4v) is 3.49. The molecule has 0 bridgehead atoms. The maximum absolute atomic E-state index is 6.03. The molecule has 0 aliphatic heterocycles. The molecule has 0 saturated carbocycles. The summed E-state index contributed by atoms with van der Waals surface area (Å²) in [5, 5.41) is 3.98. The normalized spacial score (nSPS) is 11.0. The second-order valence-electron chi connectivity index (χ2n) is 2.85. The van der Waals surface area contributed by atoms with Crippen LogP contribution in [0.5, 0.6) is 0 Å². The molecule has 0 aliphatic rings. The molecule has 13 heavy (non-hydrogen) atoms. The predicted molar refractivity (Wildman–Crippen MR) is 63.9 cm³/mol. The van der Waals surface area contributed by atoms with Crippen molar-refractivity contribution in [1.29, 1.82) is 0 Å². The first-order valence-electron chi connectivity index (χ1n) is 4.08.